The fourth-order valence-electron chi connectivity index (χ4n) is 3.13. The van der Waals surface area contributed by atoms with Crippen molar-refractivity contribution in [1.29, 1.82) is 0 Å². The summed E-state index contributed by atoms with van der Waals surface area (Å²) in [6.07, 6.45) is 1.04. The molecule has 2 saturated heterocycles. The quantitative estimate of drug-likeness (QED) is 0.799. The molecule has 146 valence electrons. The van der Waals surface area contributed by atoms with Crippen LogP contribution < -0.4 is 4.90 Å². The number of halogens is 3. The van der Waals surface area contributed by atoms with Crippen LogP contribution in [0.5, 0.6) is 0 Å². The van der Waals surface area contributed by atoms with Gasteiger partial charge in [-0.2, -0.15) is 13.2 Å². The molecule has 3 heterocycles. The third kappa shape index (κ3) is 5.53. The monoisotopic (exact) mass is 376 g/mol. The molecule has 0 aromatic carbocycles. The predicted octanol–water partition coefficient (Wildman–Crippen LogP) is 1.72. The van der Waals surface area contributed by atoms with Gasteiger partial charge >= 0.3 is 12.1 Å². The van der Waals surface area contributed by atoms with Gasteiger partial charge in [0.25, 0.3) is 0 Å². The number of aryl methyl sites for hydroxylation is 1. The number of likely N-dealkylation sites (N-methyl/N-ethyl adjacent to an activating group) is 1. The van der Waals surface area contributed by atoms with Crippen molar-refractivity contribution in [2.45, 2.75) is 31.5 Å². The summed E-state index contributed by atoms with van der Waals surface area (Å²) >= 11 is 0. The Balaban J connectivity index is 0.000000298. The molecule has 3 rings (SSSR count). The molecule has 2 fully saturated rings. The number of nitrogens with zero attached hydrogens (tertiary/aromatic N) is 4. The molecular weight excluding hydrogens is 353 g/mol. The van der Waals surface area contributed by atoms with Crippen molar-refractivity contribution in [1.82, 2.24) is 14.9 Å². The van der Waals surface area contributed by atoms with Gasteiger partial charge in [0.1, 0.15) is 0 Å². The van der Waals surface area contributed by atoms with E-state index in [9.17, 15) is 13.2 Å². The highest BCUT2D eigenvalue weighted by Crippen LogP contribution is 2.29. The zero-order valence-corrected chi connectivity index (χ0v) is 14.8. The van der Waals surface area contributed by atoms with Crippen LogP contribution in [0.25, 0.3) is 0 Å². The third-order valence-corrected chi connectivity index (χ3v) is 4.27. The molecule has 10 heteroatoms. The maximum absolute atomic E-state index is 10.6. The molecular formula is C16H23F3N4O3. The minimum absolute atomic E-state index is 0.0283. The molecule has 2 aliphatic heterocycles. The Labute approximate surface area is 149 Å². The summed E-state index contributed by atoms with van der Waals surface area (Å²) < 4.78 is 37.8. The van der Waals surface area contributed by atoms with E-state index in [0.717, 1.165) is 44.2 Å². The van der Waals surface area contributed by atoms with Gasteiger partial charge in [-0.25, -0.2) is 14.8 Å². The molecule has 1 unspecified atom stereocenters. The topological polar surface area (TPSA) is 78.8 Å². The number of hydrogen-bond donors (Lipinski definition) is 1. The van der Waals surface area contributed by atoms with Gasteiger partial charge in [-0.15, -0.1) is 0 Å². The number of carboxylic acids is 1. The van der Waals surface area contributed by atoms with Crippen molar-refractivity contribution in [3.63, 3.8) is 0 Å². The van der Waals surface area contributed by atoms with E-state index in [4.69, 9.17) is 14.6 Å². The number of likely N-dealkylation sites (tertiary alicyclic amines) is 1. The highest BCUT2D eigenvalue weighted by atomic mass is 19.4. The van der Waals surface area contributed by atoms with E-state index >= 15 is 0 Å². The number of anilines is 1. The summed E-state index contributed by atoms with van der Waals surface area (Å²) in [6, 6.07) is 0. The number of piperidine rings is 1. The van der Waals surface area contributed by atoms with Crippen molar-refractivity contribution in [3.05, 3.63) is 18.0 Å². The lowest BCUT2D eigenvalue weighted by atomic mass is 9.91. The number of ether oxygens (including phenoxy) is 1. The number of aliphatic carboxylic acids is 1. The Bertz CT molecular complexity index is 608. The van der Waals surface area contributed by atoms with Gasteiger partial charge in [-0.1, -0.05) is 0 Å². The van der Waals surface area contributed by atoms with Crippen molar-refractivity contribution < 1.29 is 27.8 Å². The first kappa shape index (κ1) is 20.4. The summed E-state index contributed by atoms with van der Waals surface area (Å²) in [6.45, 7) is 6.75. The second kappa shape index (κ2) is 8.17. The average molecular weight is 376 g/mol. The van der Waals surface area contributed by atoms with Crippen LogP contribution in [0.15, 0.2) is 12.4 Å². The summed E-state index contributed by atoms with van der Waals surface area (Å²) in [5.41, 5.74) is 1.07. The van der Waals surface area contributed by atoms with Crippen LogP contribution in [0.4, 0.5) is 19.1 Å². The van der Waals surface area contributed by atoms with Crippen LogP contribution in [0.1, 0.15) is 18.4 Å². The Hall–Kier alpha value is -1.94. The highest BCUT2D eigenvalue weighted by Gasteiger charge is 2.40. The van der Waals surface area contributed by atoms with Crippen molar-refractivity contribution in [2.75, 3.05) is 44.7 Å². The maximum atomic E-state index is 10.6. The van der Waals surface area contributed by atoms with Crippen LogP contribution in [0, 0.1) is 6.92 Å². The van der Waals surface area contributed by atoms with Crippen LogP contribution in [-0.4, -0.2) is 77.6 Å². The van der Waals surface area contributed by atoms with E-state index in [1.54, 1.807) is 0 Å². The molecule has 2 aliphatic rings. The van der Waals surface area contributed by atoms with E-state index in [-0.39, 0.29) is 5.60 Å². The van der Waals surface area contributed by atoms with Gasteiger partial charge in [-0.05, 0) is 38.9 Å². The fraction of sp³-hybridized carbons (Fsp3) is 0.688. The number of carboxylic acid groups (broad SMARTS) is 1. The van der Waals surface area contributed by atoms with Gasteiger partial charge in [0.05, 0.1) is 18.8 Å². The minimum atomic E-state index is -5.08. The van der Waals surface area contributed by atoms with E-state index < -0.39 is 12.1 Å². The number of carbonyl (C=O) groups is 1. The van der Waals surface area contributed by atoms with Gasteiger partial charge in [-0.3, -0.25) is 0 Å². The molecule has 0 amide bonds. The van der Waals surface area contributed by atoms with E-state index in [1.807, 2.05) is 19.3 Å². The first-order valence-electron chi connectivity index (χ1n) is 8.27. The first-order chi connectivity index (χ1) is 12.1. The van der Waals surface area contributed by atoms with Crippen molar-refractivity contribution in [3.8, 4) is 0 Å². The smallest absolute Gasteiger partial charge is 0.475 e. The van der Waals surface area contributed by atoms with Crippen LogP contribution in [0.3, 0.4) is 0 Å². The lowest BCUT2D eigenvalue weighted by molar-refractivity contribution is -0.192. The highest BCUT2D eigenvalue weighted by molar-refractivity contribution is 5.73. The second-order valence-corrected chi connectivity index (χ2v) is 6.66. The molecule has 1 aromatic rings. The summed E-state index contributed by atoms with van der Waals surface area (Å²) in [5.74, 6) is -1.92. The maximum Gasteiger partial charge on any atom is 0.490 e. The number of aromatic nitrogens is 2. The standard InChI is InChI=1S/C14H22N4O.C2HF3O2/c1-12-8-15-13(16-9-12)18-6-7-19-14(11-18)4-3-5-17(2)10-14;3-2(4,5)1(6)7/h8-9H,3-7,10-11H2,1-2H3;(H,6,7). The van der Waals surface area contributed by atoms with Gasteiger partial charge in [0.15, 0.2) is 0 Å². The van der Waals surface area contributed by atoms with Gasteiger partial charge in [0, 0.05) is 25.5 Å². The molecule has 26 heavy (non-hydrogen) atoms. The van der Waals surface area contributed by atoms with Crippen molar-refractivity contribution in [2.24, 2.45) is 0 Å². The molecule has 1 atom stereocenters. The van der Waals surface area contributed by atoms with Crippen LogP contribution in [-0.2, 0) is 9.53 Å². The SMILES string of the molecule is Cc1cnc(N2CCOC3(CCCN(C)C3)C2)nc1.O=C(O)C(F)(F)F. The molecule has 0 radical (unpaired) electrons. The fourth-order valence-corrected chi connectivity index (χ4v) is 3.13. The lowest BCUT2D eigenvalue weighted by Crippen LogP contribution is -2.59. The average Bonchev–Trinajstić information content (AvgIpc) is 2.55. The Morgan fingerprint density at radius 3 is 2.42 bits per heavy atom. The predicted molar refractivity (Wildman–Crippen MR) is 88.1 cm³/mol. The van der Waals surface area contributed by atoms with E-state index in [1.165, 1.54) is 13.0 Å². The summed E-state index contributed by atoms with van der Waals surface area (Å²) in [4.78, 5) is 22.4. The normalized spacial score (nSPS) is 24.1. The number of alkyl halides is 3. The Morgan fingerprint density at radius 1 is 1.27 bits per heavy atom. The van der Waals surface area contributed by atoms with E-state index in [0.29, 0.717) is 0 Å². The zero-order valence-electron chi connectivity index (χ0n) is 14.8. The second-order valence-electron chi connectivity index (χ2n) is 6.66. The number of hydrogen-bond acceptors (Lipinski definition) is 6. The van der Waals surface area contributed by atoms with Crippen LogP contribution >= 0.6 is 0 Å². The summed E-state index contributed by atoms with van der Waals surface area (Å²) in [7, 11) is 2.17. The molecule has 0 bridgehead atoms. The molecule has 1 aromatic heterocycles. The molecule has 1 N–H and O–H groups in total. The van der Waals surface area contributed by atoms with Gasteiger partial charge < -0.3 is 19.6 Å². The largest absolute Gasteiger partial charge is 0.490 e. The van der Waals surface area contributed by atoms with Gasteiger partial charge in [0.2, 0.25) is 5.95 Å². The molecule has 1 spiro atoms. The number of rotatable bonds is 1. The Morgan fingerprint density at radius 2 is 1.88 bits per heavy atom. The zero-order chi connectivity index (χ0) is 19.4. The lowest BCUT2D eigenvalue weighted by Gasteiger charge is -2.47. The van der Waals surface area contributed by atoms with Crippen molar-refractivity contribution >= 4 is 11.9 Å². The molecule has 0 aliphatic carbocycles. The third-order valence-electron chi connectivity index (χ3n) is 4.27. The summed E-state index contributed by atoms with van der Waals surface area (Å²) in [5, 5.41) is 7.12. The number of morpholine rings is 1. The van der Waals surface area contributed by atoms with Crippen LogP contribution in [0.2, 0.25) is 0 Å². The van der Waals surface area contributed by atoms with E-state index in [2.05, 4.69) is 26.8 Å². The Kier molecular flexibility index (Phi) is 6.40. The first-order valence-corrected chi connectivity index (χ1v) is 8.27. The molecule has 0 saturated carbocycles. The minimum Gasteiger partial charge on any atom is -0.475 e. The molecule has 7 nitrogen and oxygen atoms in total.